The highest BCUT2D eigenvalue weighted by atomic mass is 16.3. The van der Waals surface area contributed by atoms with E-state index in [-0.39, 0.29) is 11.4 Å². The van der Waals surface area contributed by atoms with Crippen LogP contribution in [0.2, 0.25) is 0 Å². The number of hydrogen-bond donors (Lipinski definition) is 1. The maximum atomic E-state index is 10.0. The Morgan fingerprint density at radius 2 is 2.00 bits per heavy atom. The lowest BCUT2D eigenvalue weighted by Gasteiger charge is -2.61. The Labute approximate surface area is 104 Å². The predicted octanol–water partition coefficient (Wildman–Crippen LogP) is 1.92. The van der Waals surface area contributed by atoms with Gasteiger partial charge in [-0.25, -0.2) is 9.67 Å². The summed E-state index contributed by atoms with van der Waals surface area (Å²) in [5.74, 6) is 2.26. The summed E-state index contributed by atoms with van der Waals surface area (Å²) in [6.45, 7) is 0. The van der Waals surface area contributed by atoms with Crippen LogP contribution in [0.4, 0.5) is 0 Å². The molecule has 0 unspecified atom stereocenters. The summed E-state index contributed by atoms with van der Waals surface area (Å²) in [7, 11) is 0. The monoisotopic (exact) mass is 242 g/mol. The van der Waals surface area contributed by atoms with E-state index in [0.29, 0.717) is 11.3 Å². The van der Waals surface area contributed by atoms with Crippen LogP contribution in [-0.4, -0.2) is 24.9 Å². The van der Waals surface area contributed by atoms with Crippen molar-refractivity contribution in [3.05, 3.63) is 12.0 Å². The predicted molar refractivity (Wildman–Crippen MR) is 64.3 cm³/mol. The van der Waals surface area contributed by atoms with Crippen molar-refractivity contribution in [1.82, 2.24) is 19.7 Å². The Bertz CT molecular complexity index is 656. The van der Waals surface area contributed by atoms with E-state index in [1.807, 2.05) is 0 Å². The summed E-state index contributed by atoms with van der Waals surface area (Å²) in [4.78, 5) is 8.87. The maximum absolute atomic E-state index is 10.0. The molecule has 0 amide bonds. The molecule has 92 valence electrons. The van der Waals surface area contributed by atoms with Crippen LogP contribution in [0.1, 0.15) is 43.8 Å². The third-order valence-electron chi connectivity index (χ3n) is 4.82. The molecular weight excluding hydrogens is 228 g/mol. The first kappa shape index (κ1) is 9.30. The molecule has 5 nitrogen and oxygen atoms in total. The zero-order valence-corrected chi connectivity index (χ0v) is 10.0. The van der Waals surface area contributed by atoms with Crippen molar-refractivity contribution in [2.75, 3.05) is 0 Å². The summed E-state index contributed by atoms with van der Waals surface area (Å²) >= 11 is 0. The van der Waals surface area contributed by atoms with Crippen LogP contribution in [0.25, 0.3) is 11.0 Å². The number of hydrogen-bond acceptors (Lipinski definition) is 4. The fourth-order valence-electron chi connectivity index (χ4n) is 3.47. The van der Waals surface area contributed by atoms with E-state index >= 15 is 0 Å². The second-order valence-electron chi connectivity index (χ2n) is 6.18. The van der Waals surface area contributed by atoms with Crippen LogP contribution in [0.5, 0.6) is 5.88 Å². The molecule has 2 aromatic heterocycles. The van der Waals surface area contributed by atoms with E-state index in [2.05, 4.69) is 19.7 Å². The highest BCUT2D eigenvalue weighted by Crippen LogP contribution is 2.62. The standard InChI is InChI=1S/C13H14N4O/c18-12-9-6-14-17(13-3-7(4-13)5-13)11(9)15-10(16-12)8-1-2-8/h6-8H,1-5H2,(H,15,16,18). The van der Waals surface area contributed by atoms with E-state index < -0.39 is 0 Å². The minimum absolute atomic E-state index is 0.0970. The van der Waals surface area contributed by atoms with Gasteiger partial charge in [0.25, 0.3) is 0 Å². The number of aromatic hydroxyl groups is 1. The molecule has 4 aliphatic rings. The van der Waals surface area contributed by atoms with E-state index in [0.717, 1.165) is 30.2 Å². The minimum Gasteiger partial charge on any atom is -0.493 e. The Balaban J connectivity index is 1.74. The fraction of sp³-hybridized carbons (Fsp3) is 0.615. The van der Waals surface area contributed by atoms with Crippen LogP contribution in [0.15, 0.2) is 6.20 Å². The van der Waals surface area contributed by atoms with Gasteiger partial charge in [0, 0.05) is 5.92 Å². The molecule has 5 heteroatoms. The molecule has 0 saturated heterocycles. The first-order valence-corrected chi connectivity index (χ1v) is 6.70. The van der Waals surface area contributed by atoms with Gasteiger partial charge >= 0.3 is 0 Å². The second kappa shape index (κ2) is 2.68. The molecule has 0 spiro atoms. The van der Waals surface area contributed by atoms with Crippen molar-refractivity contribution in [2.45, 2.75) is 43.6 Å². The van der Waals surface area contributed by atoms with Gasteiger partial charge in [-0.15, -0.1) is 0 Å². The lowest BCUT2D eigenvalue weighted by atomic mass is 9.50. The zero-order chi connectivity index (χ0) is 11.9. The molecule has 6 rings (SSSR count). The zero-order valence-electron chi connectivity index (χ0n) is 10.0. The Kier molecular flexibility index (Phi) is 1.38. The Hall–Kier alpha value is -1.65. The summed E-state index contributed by atoms with van der Waals surface area (Å²) in [5, 5.41) is 15.2. The molecule has 4 fully saturated rings. The normalized spacial score (nSPS) is 33.2. The molecular formula is C13H14N4O. The van der Waals surface area contributed by atoms with E-state index in [1.165, 1.54) is 19.3 Å². The number of fused-ring (bicyclic) bond motifs is 1. The SMILES string of the molecule is Oc1nc(C2CC2)nc2c1cnn2C12CC(C1)C2. The molecule has 0 atom stereocenters. The summed E-state index contributed by atoms with van der Waals surface area (Å²) in [6, 6.07) is 0. The molecule has 2 aromatic rings. The largest absolute Gasteiger partial charge is 0.493 e. The van der Waals surface area contributed by atoms with Crippen LogP contribution < -0.4 is 0 Å². The van der Waals surface area contributed by atoms with Gasteiger partial charge in [-0.2, -0.15) is 10.1 Å². The topological polar surface area (TPSA) is 63.8 Å². The lowest BCUT2D eigenvalue weighted by Crippen LogP contribution is -2.59. The van der Waals surface area contributed by atoms with E-state index in [1.54, 1.807) is 6.20 Å². The Morgan fingerprint density at radius 3 is 2.61 bits per heavy atom. The molecule has 0 aromatic carbocycles. The highest BCUT2D eigenvalue weighted by molar-refractivity contribution is 5.80. The van der Waals surface area contributed by atoms with Crippen molar-refractivity contribution >= 4 is 11.0 Å². The van der Waals surface area contributed by atoms with Gasteiger partial charge in [0.05, 0.1) is 11.7 Å². The first-order valence-electron chi connectivity index (χ1n) is 6.70. The number of aromatic nitrogens is 4. The van der Waals surface area contributed by atoms with Crippen LogP contribution in [0, 0.1) is 5.92 Å². The fourth-order valence-corrected chi connectivity index (χ4v) is 3.47. The lowest BCUT2D eigenvalue weighted by molar-refractivity contribution is -0.0948. The average Bonchev–Trinajstić information content (AvgIpc) is 2.98. The average molecular weight is 242 g/mol. The Morgan fingerprint density at radius 1 is 1.22 bits per heavy atom. The van der Waals surface area contributed by atoms with Crippen LogP contribution in [-0.2, 0) is 5.54 Å². The second-order valence-corrected chi connectivity index (χ2v) is 6.18. The molecule has 18 heavy (non-hydrogen) atoms. The van der Waals surface area contributed by atoms with E-state index in [9.17, 15) is 5.11 Å². The summed E-state index contributed by atoms with van der Waals surface area (Å²) < 4.78 is 2.05. The van der Waals surface area contributed by atoms with Gasteiger partial charge in [0.2, 0.25) is 5.88 Å². The minimum atomic E-state index is 0.0970. The maximum Gasteiger partial charge on any atom is 0.225 e. The van der Waals surface area contributed by atoms with Gasteiger partial charge in [-0.1, -0.05) is 0 Å². The third-order valence-corrected chi connectivity index (χ3v) is 4.82. The van der Waals surface area contributed by atoms with Crippen molar-refractivity contribution in [3.63, 3.8) is 0 Å². The van der Waals surface area contributed by atoms with E-state index in [4.69, 9.17) is 0 Å². The van der Waals surface area contributed by atoms with Gasteiger partial charge in [0.15, 0.2) is 5.65 Å². The molecule has 4 saturated carbocycles. The molecule has 4 aliphatic carbocycles. The number of rotatable bonds is 2. The molecule has 1 N–H and O–H groups in total. The highest BCUT2D eigenvalue weighted by Gasteiger charge is 2.59. The van der Waals surface area contributed by atoms with Crippen molar-refractivity contribution < 1.29 is 5.11 Å². The van der Waals surface area contributed by atoms with Gasteiger partial charge in [-0.3, -0.25) is 0 Å². The van der Waals surface area contributed by atoms with Crippen LogP contribution >= 0.6 is 0 Å². The smallest absolute Gasteiger partial charge is 0.225 e. The molecule has 0 aliphatic heterocycles. The summed E-state index contributed by atoms with van der Waals surface area (Å²) in [5.41, 5.74) is 1.05. The quantitative estimate of drug-likeness (QED) is 0.873. The van der Waals surface area contributed by atoms with Gasteiger partial charge in [-0.05, 0) is 38.0 Å². The molecule has 0 radical (unpaired) electrons. The van der Waals surface area contributed by atoms with Crippen molar-refractivity contribution in [1.29, 1.82) is 0 Å². The van der Waals surface area contributed by atoms with Crippen LogP contribution in [0.3, 0.4) is 0 Å². The summed E-state index contributed by atoms with van der Waals surface area (Å²) in [6.07, 6.45) is 7.69. The number of nitrogens with zero attached hydrogens (tertiary/aromatic N) is 4. The van der Waals surface area contributed by atoms with Gasteiger partial charge in [0.1, 0.15) is 11.2 Å². The first-order chi connectivity index (χ1) is 8.75. The van der Waals surface area contributed by atoms with Crippen molar-refractivity contribution in [2.24, 2.45) is 5.92 Å². The molecule has 2 bridgehead atoms. The van der Waals surface area contributed by atoms with Crippen molar-refractivity contribution in [3.8, 4) is 5.88 Å². The third kappa shape index (κ3) is 0.970. The molecule has 2 heterocycles. The van der Waals surface area contributed by atoms with Gasteiger partial charge < -0.3 is 5.11 Å².